The molecule has 0 bridgehead atoms. The SMILES string of the molecule is S=c1[nH]c2cc(Cl)ccc2n1-c1c(Br)cccc1Br. The van der Waals surface area contributed by atoms with Gasteiger partial charge in [-0.25, -0.2) is 0 Å². The summed E-state index contributed by atoms with van der Waals surface area (Å²) in [5.41, 5.74) is 2.88. The van der Waals surface area contributed by atoms with Crippen LogP contribution in [0.1, 0.15) is 0 Å². The number of halogens is 3. The van der Waals surface area contributed by atoms with Crippen molar-refractivity contribution in [3.8, 4) is 5.69 Å². The summed E-state index contributed by atoms with van der Waals surface area (Å²) in [6, 6.07) is 11.6. The number of imidazole rings is 1. The quantitative estimate of drug-likeness (QED) is 0.491. The zero-order valence-corrected chi connectivity index (χ0v) is 14.2. The summed E-state index contributed by atoms with van der Waals surface area (Å²) >= 11 is 18.6. The standard InChI is InChI=1S/C13H7Br2ClN2S/c14-8-2-1-3-9(15)12(8)18-11-5-4-7(16)6-10(11)17-13(18)19/h1-6H,(H,17,19). The van der Waals surface area contributed by atoms with Gasteiger partial charge in [0.1, 0.15) is 0 Å². The molecule has 0 aliphatic carbocycles. The van der Waals surface area contributed by atoms with E-state index in [9.17, 15) is 0 Å². The van der Waals surface area contributed by atoms with Crippen molar-refractivity contribution in [1.29, 1.82) is 0 Å². The Bertz CT molecular complexity index is 818. The maximum atomic E-state index is 6.01. The van der Waals surface area contributed by atoms with E-state index in [4.69, 9.17) is 23.8 Å². The van der Waals surface area contributed by atoms with Crippen molar-refractivity contribution >= 4 is 66.7 Å². The summed E-state index contributed by atoms with van der Waals surface area (Å²) in [5.74, 6) is 0. The largest absolute Gasteiger partial charge is 0.330 e. The van der Waals surface area contributed by atoms with Crippen molar-refractivity contribution in [1.82, 2.24) is 9.55 Å². The summed E-state index contributed by atoms with van der Waals surface area (Å²) in [6.45, 7) is 0. The molecule has 19 heavy (non-hydrogen) atoms. The van der Waals surface area contributed by atoms with Crippen LogP contribution in [0.25, 0.3) is 16.7 Å². The fourth-order valence-electron chi connectivity index (χ4n) is 2.01. The van der Waals surface area contributed by atoms with Crippen molar-refractivity contribution < 1.29 is 0 Å². The number of hydrogen-bond donors (Lipinski definition) is 1. The number of aromatic amines is 1. The van der Waals surface area contributed by atoms with Gasteiger partial charge in [0.2, 0.25) is 0 Å². The lowest BCUT2D eigenvalue weighted by atomic mass is 10.3. The van der Waals surface area contributed by atoms with Crippen LogP contribution in [0.4, 0.5) is 0 Å². The Labute approximate surface area is 136 Å². The normalized spacial score (nSPS) is 11.1. The van der Waals surface area contributed by atoms with E-state index in [1.54, 1.807) is 0 Å². The molecule has 3 aromatic rings. The zero-order valence-electron chi connectivity index (χ0n) is 9.45. The van der Waals surface area contributed by atoms with Gasteiger partial charge in [-0.05, 0) is 74.4 Å². The van der Waals surface area contributed by atoms with Crippen LogP contribution in [0.15, 0.2) is 45.3 Å². The molecule has 1 N–H and O–H groups in total. The van der Waals surface area contributed by atoms with Crippen LogP contribution in [0.3, 0.4) is 0 Å². The van der Waals surface area contributed by atoms with Gasteiger partial charge in [-0.3, -0.25) is 4.57 Å². The molecule has 1 aromatic heterocycles. The lowest BCUT2D eigenvalue weighted by Gasteiger charge is -2.09. The lowest BCUT2D eigenvalue weighted by Crippen LogP contribution is -1.96. The summed E-state index contributed by atoms with van der Waals surface area (Å²) in [7, 11) is 0. The number of H-pyrrole nitrogens is 1. The summed E-state index contributed by atoms with van der Waals surface area (Å²) in [4.78, 5) is 3.17. The first-order valence-corrected chi connectivity index (χ1v) is 7.80. The van der Waals surface area contributed by atoms with Crippen molar-refractivity contribution in [3.05, 3.63) is 55.1 Å². The number of para-hydroxylation sites is 1. The van der Waals surface area contributed by atoms with Crippen molar-refractivity contribution in [2.24, 2.45) is 0 Å². The van der Waals surface area contributed by atoms with Crippen LogP contribution in [0.5, 0.6) is 0 Å². The van der Waals surface area contributed by atoms with Crippen molar-refractivity contribution in [2.75, 3.05) is 0 Å². The second-order valence-corrected chi connectivity index (χ2v) is 6.53. The van der Waals surface area contributed by atoms with E-state index in [0.29, 0.717) is 9.79 Å². The Morgan fingerprint density at radius 3 is 2.47 bits per heavy atom. The number of fused-ring (bicyclic) bond motifs is 1. The van der Waals surface area contributed by atoms with Gasteiger partial charge in [-0.2, -0.15) is 0 Å². The first-order chi connectivity index (χ1) is 9.08. The molecule has 0 aliphatic rings. The minimum atomic E-state index is 0.630. The van der Waals surface area contributed by atoms with Crippen LogP contribution in [0, 0.1) is 4.77 Å². The molecule has 0 radical (unpaired) electrons. The molecular formula is C13H7Br2ClN2S. The number of benzene rings is 2. The second-order valence-electron chi connectivity index (χ2n) is 4.00. The average Bonchev–Trinajstić information content (AvgIpc) is 2.65. The highest BCUT2D eigenvalue weighted by atomic mass is 79.9. The van der Waals surface area contributed by atoms with E-state index in [0.717, 1.165) is 25.7 Å². The molecule has 0 aliphatic heterocycles. The minimum Gasteiger partial charge on any atom is -0.330 e. The third kappa shape index (κ3) is 2.29. The van der Waals surface area contributed by atoms with E-state index >= 15 is 0 Å². The molecule has 6 heteroatoms. The maximum absolute atomic E-state index is 6.01. The molecule has 96 valence electrons. The predicted octanol–water partition coefficient (Wildman–Crippen LogP) is 5.87. The van der Waals surface area contributed by atoms with Crippen molar-refractivity contribution in [3.63, 3.8) is 0 Å². The van der Waals surface area contributed by atoms with Gasteiger partial charge in [-0.15, -0.1) is 0 Å². The van der Waals surface area contributed by atoms with Crippen LogP contribution < -0.4 is 0 Å². The number of nitrogens with one attached hydrogen (secondary N) is 1. The molecule has 1 heterocycles. The monoisotopic (exact) mass is 416 g/mol. The molecule has 2 nitrogen and oxygen atoms in total. The smallest absolute Gasteiger partial charge is 0.182 e. The Kier molecular flexibility index (Phi) is 3.55. The number of rotatable bonds is 1. The van der Waals surface area contributed by atoms with E-state index in [-0.39, 0.29) is 0 Å². The topological polar surface area (TPSA) is 20.7 Å². The van der Waals surface area contributed by atoms with Gasteiger partial charge in [0.15, 0.2) is 4.77 Å². The highest BCUT2D eigenvalue weighted by Crippen LogP contribution is 2.32. The van der Waals surface area contributed by atoms with Crippen LogP contribution in [0.2, 0.25) is 5.02 Å². The van der Waals surface area contributed by atoms with Gasteiger partial charge in [0.05, 0.1) is 16.7 Å². The van der Waals surface area contributed by atoms with Gasteiger partial charge < -0.3 is 4.98 Å². The lowest BCUT2D eigenvalue weighted by molar-refractivity contribution is 1.05. The number of nitrogens with zero attached hydrogens (tertiary/aromatic N) is 1. The van der Waals surface area contributed by atoms with Gasteiger partial charge in [0, 0.05) is 14.0 Å². The summed E-state index contributed by atoms with van der Waals surface area (Å²) in [5, 5.41) is 0.682. The van der Waals surface area contributed by atoms with E-state index in [2.05, 4.69) is 36.8 Å². The van der Waals surface area contributed by atoms with Gasteiger partial charge in [0.25, 0.3) is 0 Å². The third-order valence-corrected chi connectivity index (χ3v) is 4.60. The first kappa shape index (κ1) is 13.4. The molecule has 0 saturated carbocycles. The molecule has 0 amide bonds. The second kappa shape index (κ2) is 5.05. The summed E-state index contributed by atoms with van der Waals surface area (Å²) < 4.78 is 4.54. The Morgan fingerprint density at radius 2 is 1.79 bits per heavy atom. The third-order valence-electron chi connectivity index (χ3n) is 2.81. The molecular weight excluding hydrogens is 411 g/mol. The maximum Gasteiger partial charge on any atom is 0.182 e. The molecule has 0 unspecified atom stereocenters. The molecule has 0 saturated heterocycles. The molecule has 0 fully saturated rings. The molecule has 2 aromatic carbocycles. The van der Waals surface area contributed by atoms with Crippen LogP contribution >= 0.6 is 55.7 Å². The molecule has 3 rings (SSSR count). The Hall–Kier alpha value is -0.620. The van der Waals surface area contributed by atoms with Crippen LogP contribution in [-0.4, -0.2) is 9.55 Å². The van der Waals surface area contributed by atoms with E-state index in [1.807, 2.05) is 41.0 Å². The first-order valence-electron chi connectivity index (χ1n) is 5.42. The van der Waals surface area contributed by atoms with Crippen molar-refractivity contribution in [2.45, 2.75) is 0 Å². The molecule has 0 atom stereocenters. The minimum absolute atomic E-state index is 0.630. The average molecular weight is 419 g/mol. The van der Waals surface area contributed by atoms with Gasteiger partial charge in [-0.1, -0.05) is 17.7 Å². The number of hydrogen-bond acceptors (Lipinski definition) is 1. The van der Waals surface area contributed by atoms with E-state index in [1.165, 1.54) is 0 Å². The van der Waals surface area contributed by atoms with E-state index < -0.39 is 0 Å². The Morgan fingerprint density at radius 1 is 1.11 bits per heavy atom. The fraction of sp³-hybridized carbons (Fsp3) is 0. The Balaban J connectivity index is 2.43. The summed E-state index contributed by atoms with van der Waals surface area (Å²) in [6.07, 6.45) is 0. The highest BCUT2D eigenvalue weighted by Gasteiger charge is 2.12. The zero-order chi connectivity index (χ0) is 13.6. The highest BCUT2D eigenvalue weighted by molar-refractivity contribution is 9.11. The van der Waals surface area contributed by atoms with Crippen LogP contribution in [-0.2, 0) is 0 Å². The predicted molar refractivity (Wildman–Crippen MR) is 88.9 cm³/mol. The van der Waals surface area contributed by atoms with Gasteiger partial charge >= 0.3 is 0 Å². The fourth-order valence-corrected chi connectivity index (χ4v) is 3.83. The number of aromatic nitrogens is 2. The molecule has 0 spiro atoms.